The monoisotopic (exact) mass is 283 g/mol. The molecule has 1 saturated heterocycles. The van der Waals surface area contributed by atoms with Crippen molar-refractivity contribution in [3.63, 3.8) is 0 Å². The minimum Gasteiger partial charge on any atom is -0.344 e. The van der Waals surface area contributed by atoms with E-state index >= 15 is 0 Å². The number of hydrogen-bond donors (Lipinski definition) is 1. The minimum absolute atomic E-state index is 0.110. The number of pyridine rings is 1. The molecule has 4 nitrogen and oxygen atoms in total. The Labute approximate surface area is 125 Å². The first kappa shape index (κ1) is 13.9. The Kier molecular flexibility index (Phi) is 4.04. The molecule has 0 aliphatic carbocycles. The van der Waals surface area contributed by atoms with Gasteiger partial charge in [-0.05, 0) is 55.4 Å². The van der Waals surface area contributed by atoms with Crippen LogP contribution in [-0.4, -0.2) is 28.9 Å². The van der Waals surface area contributed by atoms with Crippen molar-refractivity contribution in [2.75, 3.05) is 18.4 Å². The highest BCUT2D eigenvalue weighted by molar-refractivity contribution is 5.91. The Bertz CT molecular complexity index is 586. The molecule has 0 unspecified atom stereocenters. The summed E-state index contributed by atoms with van der Waals surface area (Å²) in [7, 11) is 0. The normalized spacial score (nSPS) is 18.5. The third kappa shape index (κ3) is 3.32. The molecule has 0 bridgehead atoms. The van der Waals surface area contributed by atoms with Crippen molar-refractivity contribution in [1.82, 2.24) is 9.88 Å². The van der Waals surface area contributed by atoms with E-state index in [4.69, 9.17) is 0 Å². The lowest BCUT2D eigenvalue weighted by atomic mass is 10.0. The first-order chi connectivity index (χ1) is 10.2. The van der Waals surface area contributed by atoms with Gasteiger partial charge in [0.1, 0.15) is 5.82 Å². The molecule has 1 N–H and O–H groups in total. The van der Waals surface area contributed by atoms with Crippen molar-refractivity contribution in [3.05, 3.63) is 41.7 Å². The molecule has 1 aromatic rings. The van der Waals surface area contributed by atoms with Crippen LogP contribution in [0.15, 0.2) is 30.6 Å². The summed E-state index contributed by atoms with van der Waals surface area (Å²) in [6, 6.07) is 2.10. The quantitative estimate of drug-likeness (QED) is 0.849. The molecule has 0 atom stereocenters. The van der Waals surface area contributed by atoms with Gasteiger partial charge in [0.25, 0.3) is 0 Å². The number of anilines is 1. The zero-order chi connectivity index (χ0) is 14.7. The summed E-state index contributed by atoms with van der Waals surface area (Å²) in [4.78, 5) is 18.4. The van der Waals surface area contributed by atoms with Crippen LogP contribution in [0.1, 0.15) is 36.8 Å². The number of allylic oxidation sites excluding steroid dienone is 1. The van der Waals surface area contributed by atoms with Gasteiger partial charge in [-0.3, -0.25) is 4.79 Å². The lowest BCUT2D eigenvalue weighted by Gasteiger charge is -2.25. The second-order valence-corrected chi connectivity index (χ2v) is 5.72. The van der Waals surface area contributed by atoms with Crippen LogP contribution in [0.5, 0.6) is 0 Å². The van der Waals surface area contributed by atoms with Gasteiger partial charge in [-0.2, -0.15) is 0 Å². The number of amides is 1. The topological polar surface area (TPSA) is 45.2 Å². The molecule has 0 spiro atoms. The summed E-state index contributed by atoms with van der Waals surface area (Å²) >= 11 is 0. The number of nitrogens with one attached hydrogen (secondary N) is 1. The molecule has 21 heavy (non-hydrogen) atoms. The van der Waals surface area contributed by atoms with Crippen molar-refractivity contribution < 1.29 is 4.79 Å². The maximum absolute atomic E-state index is 12.1. The van der Waals surface area contributed by atoms with Crippen molar-refractivity contribution in [2.24, 2.45) is 0 Å². The van der Waals surface area contributed by atoms with Gasteiger partial charge in [-0.15, -0.1) is 0 Å². The van der Waals surface area contributed by atoms with Crippen LogP contribution in [0.2, 0.25) is 0 Å². The third-order valence-electron chi connectivity index (χ3n) is 4.07. The highest BCUT2D eigenvalue weighted by Crippen LogP contribution is 2.24. The van der Waals surface area contributed by atoms with Crippen LogP contribution in [0.4, 0.5) is 5.82 Å². The number of aromatic nitrogens is 1. The summed E-state index contributed by atoms with van der Waals surface area (Å²) in [6.07, 6.45) is 10.7. The molecule has 0 radical (unpaired) electrons. The van der Waals surface area contributed by atoms with Gasteiger partial charge >= 0.3 is 0 Å². The molecule has 3 rings (SSSR count). The number of piperidine rings is 1. The molecule has 2 aliphatic heterocycles. The molecule has 4 heteroatoms. The SMILES string of the molecule is C=C1CCc2cc(/C=C/C(=O)N3CCCCC3)cnc2N1. The van der Waals surface area contributed by atoms with Gasteiger partial charge in [0.05, 0.1) is 0 Å². The minimum atomic E-state index is 0.110. The summed E-state index contributed by atoms with van der Waals surface area (Å²) < 4.78 is 0. The average molecular weight is 283 g/mol. The van der Waals surface area contributed by atoms with Crippen molar-refractivity contribution >= 4 is 17.8 Å². The standard InChI is InChI=1S/C17H21N3O/c1-13-5-7-15-11-14(12-18-17(15)19-13)6-8-16(21)20-9-3-2-4-10-20/h6,8,11-12H,1-5,7,9-10H2,(H,18,19)/b8-6+. The van der Waals surface area contributed by atoms with E-state index in [1.807, 2.05) is 11.0 Å². The fraction of sp³-hybridized carbons (Fsp3) is 0.412. The van der Waals surface area contributed by atoms with E-state index in [1.54, 1.807) is 12.3 Å². The van der Waals surface area contributed by atoms with E-state index in [0.717, 1.165) is 55.9 Å². The van der Waals surface area contributed by atoms with E-state index in [0.29, 0.717) is 0 Å². The highest BCUT2D eigenvalue weighted by atomic mass is 16.2. The van der Waals surface area contributed by atoms with Crippen molar-refractivity contribution in [2.45, 2.75) is 32.1 Å². The molecule has 110 valence electrons. The van der Waals surface area contributed by atoms with Crippen LogP contribution in [-0.2, 0) is 11.2 Å². The zero-order valence-electron chi connectivity index (χ0n) is 12.3. The number of carbonyl (C=O) groups excluding carboxylic acids is 1. The number of aryl methyl sites for hydroxylation is 1. The highest BCUT2D eigenvalue weighted by Gasteiger charge is 2.14. The Hall–Kier alpha value is -2.10. The van der Waals surface area contributed by atoms with Crippen LogP contribution < -0.4 is 5.32 Å². The molecule has 3 heterocycles. The Morgan fingerprint density at radius 3 is 2.90 bits per heavy atom. The van der Waals surface area contributed by atoms with Crippen LogP contribution in [0.3, 0.4) is 0 Å². The second kappa shape index (κ2) is 6.12. The Balaban J connectivity index is 1.68. The molecule has 1 amide bonds. The Morgan fingerprint density at radius 2 is 2.10 bits per heavy atom. The van der Waals surface area contributed by atoms with Gasteiger partial charge in [0.15, 0.2) is 0 Å². The maximum atomic E-state index is 12.1. The number of likely N-dealkylation sites (tertiary alicyclic amines) is 1. The molecule has 0 aromatic carbocycles. The van der Waals surface area contributed by atoms with Gasteiger partial charge in [-0.25, -0.2) is 4.98 Å². The number of fused-ring (bicyclic) bond motifs is 1. The predicted molar refractivity (Wildman–Crippen MR) is 84.8 cm³/mol. The second-order valence-electron chi connectivity index (χ2n) is 5.72. The number of hydrogen-bond acceptors (Lipinski definition) is 3. The predicted octanol–water partition coefficient (Wildman–Crippen LogP) is 2.98. The summed E-state index contributed by atoms with van der Waals surface area (Å²) in [5, 5.41) is 3.20. The zero-order valence-corrected chi connectivity index (χ0v) is 12.3. The van der Waals surface area contributed by atoms with Gasteiger partial charge in [-0.1, -0.05) is 6.58 Å². The van der Waals surface area contributed by atoms with Crippen LogP contribution in [0.25, 0.3) is 6.08 Å². The summed E-state index contributed by atoms with van der Waals surface area (Å²) in [5.74, 6) is 1.00. The first-order valence-electron chi connectivity index (χ1n) is 7.63. The fourth-order valence-corrected chi connectivity index (χ4v) is 2.83. The number of nitrogens with zero attached hydrogens (tertiary/aromatic N) is 2. The summed E-state index contributed by atoms with van der Waals surface area (Å²) in [6.45, 7) is 5.70. The first-order valence-corrected chi connectivity index (χ1v) is 7.63. The lowest BCUT2D eigenvalue weighted by Crippen LogP contribution is -2.34. The van der Waals surface area contributed by atoms with E-state index in [-0.39, 0.29) is 5.91 Å². The van der Waals surface area contributed by atoms with E-state index < -0.39 is 0 Å². The molecular formula is C17H21N3O. The third-order valence-corrected chi connectivity index (χ3v) is 4.07. The largest absolute Gasteiger partial charge is 0.344 e. The molecule has 0 saturated carbocycles. The van der Waals surface area contributed by atoms with Crippen LogP contribution in [0, 0.1) is 0 Å². The van der Waals surface area contributed by atoms with Gasteiger partial charge < -0.3 is 10.2 Å². The smallest absolute Gasteiger partial charge is 0.246 e. The fourth-order valence-electron chi connectivity index (χ4n) is 2.83. The van der Waals surface area contributed by atoms with Crippen molar-refractivity contribution in [1.29, 1.82) is 0 Å². The lowest BCUT2D eigenvalue weighted by molar-refractivity contribution is -0.126. The molecular weight excluding hydrogens is 262 g/mol. The van der Waals surface area contributed by atoms with E-state index in [2.05, 4.69) is 22.9 Å². The Morgan fingerprint density at radius 1 is 1.29 bits per heavy atom. The van der Waals surface area contributed by atoms with Crippen molar-refractivity contribution in [3.8, 4) is 0 Å². The number of carbonyl (C=O) groups is 1. The molecule has 2 aliphatic rings. The molecule has 1 fully saturated rings. The van der Waals surface area contributed by atoms with Gasteiger partial charge in [0.2, 0.25) is 5.91 Å². The molecule has 1 aromatic heterocycles. The summed E-state index contributed by atoms with van der Waals surface area (Å²) in [5.41, 5.74) is 3.18. The van der Waals surface area contributed by atoms with Gasteiger partial charge in [0, 0.05) is 31.1 Å². The van der Waals surface area contributed by atoms with Crippen LogP contribution >= 0.6 is 0 Å². The van der Waals surface area contributed by atoms with E-state index in [1.165, 1.54) is 12.0 Å². The van der Waals surface area contributed by atoms with E-state index in [9.17, 15) is 4.79 Å². The average Bonchev–Trinajstić information content (AvgIpc) is 2.53. The maximum Gasteiger partial charge on any atom is 0.246 e. The number of rotatable bonds is 2.